The molecule has 0 N–H and O–H groups in total. The molecule has 1 saturated carbocycles. The van der Waals surface area contributed by atoms with Gasteiger partial charge in [-0.1, -0.05) is 11.6 Å². The fourth-order valence-corrected chi connectivity index (χ4v) is 3.54. The molecule has 2 aromatic rings. The summed E-state index contributed by atoms with van der Waals surface area (Å²) in [5.41, 5.74) is 1.83. The van der Waals surface area contributed by atoms with Crippen LogP contribution in [-0.2, 0) is 17.7 Å². The molecule has 1 aliphatic carbocycles. The van der Waals surface area contributed by atoms with Gasteiger partial charge in [0.25, 0.3) is 0 Å². The summed E-state index contributed by atoms with van der Waals surface area (Å²) in [7, 11) is 0. The van der Waals surface area contributed by atoms with E-state index in [1.807, 2.05) is 27.1 Å². The van der Waals surface area contributed by atoms with Gasteiger partial charge in [-0.05, 0) is 52.4 Å². The standard InChI is InChI=1S/C18H23ClN4O2/c1-18(2,3)25-17(24)23-8-4-5-12-13(19)14-16(21-15(12)23)22(10-20-14)9-11-6-7-11/h10-11H,4-9H2,1-3H3. The lowest BCUT2D eigenvalue weighted by atomic mass is 10.1. The van der Waals surface area contributed by atoms with Gasteiger partial charge in [0.15, 0.2) is 5.65 Å². The van der Waals surface area contributed by atoms with Crippen LogP contribution in [-0.4, -0.2) is 32.8 Å². The van der Waals surface area contributed by atoms with Crippen LogP contribution >= 0.6 is 11.6 Å². The van der Waals surface area contributed by atoms with Crippen molar-refractivity contribution < 1.29 is 9.53 Å². The largest absolute Gasteiger partial charge is 0.443 e. The van der Waals surface area contributed by atoms with Crippen LogP contribution in [0.1, 0.15) is 45.6 Å². The Morgan fingerprint density at radius 1 is 1.40 bits per heavy atom. The average Bonchev–Trinajstić information content (AvgIpc) is 3.26. The number of imidazole rings is 1. The maximum absolute atomic E-state index is 12.6. The van der Waals surface area contributed by atoms with Crippen LogP contribution in [0.4, 0.5) is 10.6 Å². The summed E-state index contributed by atoms with van der Waals surface area (Å²) in [4.78, 5) is 23.5. The van der Waals surface area contributed by atoms with Gasteiger partial charge < -0.3 is 9.30 Å². The second kappa shape index (κ2) is 5.87. The lowest BCUT2D eigenvalue weighted by molar-refractivity contribution is 0.0576. The second-order valence-corrected chi connectivity index (χ2v) is 8.35. The minimum Gasteiger partial charge on any atom is -0.443 e. The van der Waals surface area contributed by atoms with Crippen molar-refractivity contribution in [3.05, 3.63) is 16.9 Å². The molecule has 4 rings (SSSR count). The molecule has 1 amide bonds. The lowest BCUT2D eigenvalue weighted by Gasteiger charge is -2.31. The molecule has 134 valence electrons. The van der Waals surface area contributed by atoms with E-state index in [-0.39, 0.29) is 6.09 Å². The number of fused-ring (bicyclic) bond motifs is 2. The highest BCUT2D eigenvalue weighted by molar-refractivity contribution is 6.36. The van der Waals surface area contributed by atoms with E-state index in [1.165, 1.54) is 12.8 Å². The minimum atomic E-state index is -0.545. The smallest absolute Gasteiger partial charge is 0.416 e. The van der Waals surface area contributed by atoms with Gasteiger partial charge in [0.1, 0.15) is 16.9 Å². The van der Waals surface area contributed by atoms with Gasteiger partial charge in [0.05, 0.1) is 11.3 Å². The summed E-state index contributed by atoms with van der Waals surface area (Å²) in [6.07, 6.45) is 5.58. The van der Waals surface area contributed by atoms with Gasteiger partial charge in [0, 0.05) is 18.7 Å². The maximum atomic E-state index is 12.6. The van der Waals surface area contributed by atoms with Crippen molar-refractivity contribution in [1.29, 1.82) is 0 Å². The predicted octanol–water partition coefficient (Wildman–Crippen LogP) is 4.18. The zero-order valence-corrected chi connectivity index (χ0v) is 15.6. The molecule has 0 atom stereocenters. The summed E-state index contributed by atoms with van der Waals surface area (Å²) in [5.74, 6) is 1.33. The summed E-state index contributed by atoms with van der Waals surface area (Å²) in [5, 5.41) is 0.614. The molecule has 1 aliphatic heterocycles. The van der Waals surface area contributed by atoms with Gasteiger partial charge in [-0.25, -0.2) is 14.8 Å². The van der Waals surface area contributed by atoms with Crippen LogP contribution in [0.15, 0.2) is 6.33 Å². The SMILES string of the molecule is CC(C)(C)OC(=O)N1CCCc2c1nc1c(ncn1CC1CC1)c2Cl. The number of pyridine rings is 1. The third-order valence-corrected chi connectivity index (χ3v) is 5.00. The first-order chi connectivity index (χ1) is 11.8. The van der Waals surface area contributed by atoms with Crippen molar-refractivity contribution in [1.82, 2.24) is 14.5 Å². The highest BCUT2D eigenvalue weighted by atomic mass is 35.5. The first-order valence-corrected chi connectivity index (χ1v) is 9.25. The van der Waals surface area contributed by atoms with Gasteiger partial charge in [-0.3, -0.25) is 4.90 Å². The Kier molecular flexibility index (Phi) is 3.90. The number of amides is 1. The van der Waals surface area contributed by atoms with Crippen molar-refractivity contribution in [3.63, 3.8) is 0 Å². The van der Waals surface area contributed by atoms with E-state index in [1.54, 1.807) is 4.90 Å². The van der Waals surface area contributed by atoms with Crippen LogP contribution in [0.3, 0.4) is 0 Å². The predicted molar refractivity (Wildman–Crippen MR) is 97.2 cm³/mol. The average molecular weight is 363 g/mol. The Morgan fingerprint density at radius 3 is 2.84 bits per heavy atom. The fourth-order valence-electron chi connectivity index (χ4n) is 3.23. The molecule has 6 nitrogen and oxygen atoms in total. The van der Waals surface area contributed by atoms with Crippen molar-refractivity contribution >= 4 is 34.7 Å². The number of rotatable bonds is 2. The highest BCUT2D eigenvalue weighted by Crippen LogP contribution is 2.37. The highest BCUT2D eigenvalue weighted by Gasteiger charge is 2.32. The Hall–Kier alpha value is -1.82. The molecule has 0 radical (unpaired) electrons. The molecule has 0 spiro atoms. The summed E-state index contributed by atoms with van der Waals surface area (Å²) in [6, 6.07) is 0. The molecular formula is C18H23ClN4O2. The van der Waals surface area contributed by atoms with Crippen molar-refractivity contribution in [2.24, 2.45) is 5.92 Å². The molecule has 25 heavy (non-hydrogen) atoms. The van der Waals surface area contributed by atoms with E-state index in [0.717, 1.165) is 36.1 Å². The third-order valence-electron chi connectivity index (χ3n) is 4.59. The summed E-state index contributed by atoms with van der Waals surface area (Å²) < 4.78 is 7.61. The number of ether oxygens (including phenoxy) is 1. The van der Waals surface area contributed by atoms with Crippen LogP contribution < -0.4 is 4.90 Å². The van der Waals surface area contributed by atoms with Crippen LogP contribution in [0, 0.1) is 5.92 Å². The molecule has 0 unspecified atom stereocenters. The quantitative estimate of drug-likeness (QED) is 0.803. The minimum absolute atomic E-state index is 0.371. The molecule has 2 aromatic heterocycles. The molecule has 0 bridgehead atoms. The zero-order chi connectivity index (χ0) is 17.8. The molecule has 0 aromatic carbocycles. The van der Waals surface area contributed by atoms with E-state index in [0.29, 0.717) is 23.3 Å². The monoisotopic (exact) mass is 362 g/mol. The molecule has 3 heterocycles. The molecule has 1 fully saturated rings. The summed E-state index contributed by atoms with van der Waals surface area (Å²) in [6.45, 7) is 7.09. The van der Waals surface area contributed by atoms with Gasteiger partial charge in [-0.15, -0.1) is 0 Å². The number of hydrogen-bond donors (Lipinski definition) is 0. The Bertz CT molecular complexity index is 836. The van der Waals surface area contributed by atoms with E-state index < -0.39 is 5.60 Å². The van der Waals surface area contributed by atoms with E-state index in [4.69, 9.17) is 21.3 Å². The van der Waals surface area contributed by atoms with Crippen LogP contribution in [0.25, 0.3) is 11.2 Å². The van der Waals surface area contributed by atoms with E-state index in [9.17, 15) is 4.79 Å². The molecule has 2 aliphatic rings. The fraction of sp³-hybridized carbons (Fsp3) is 0.611. The number of anilines is 1. The van der Waals surface area contributed by atoms with Crippen LogP contribution in [0.2, 0.25) is 5.02 Å². The number of halogens is 1. The third kappa shape index (κ3) is 3.19. The Labute approximate surface area is 152 Å². The second-order valence-electron chi connectivity index (χ2n) is 7.98. The number of carbonyl (C=O) groups excluding carboxylic acids is 1. The van der Waals surface area contributed by atoms with Gasteiger partial charge in [0.2, 0.25) is 0 Å². The number of hydrogen-bond acceptors (Lipinski definition) is 4. The first kappa shape index (κ1) is 16.6. The zero-order valence-electron chi connectivity index (χ0n) is 14.9. The topological polar surface area (TPSA) is 60.2 Å². The number of carbonyl (C=O) groups is 1. The number of nitrogens with zero attached hydrogens (tertiary/aromatic N) is 4. The molecular weight excluding hydrogens is 340 g/mol. The lowest BCUT2D eigenvalue weighted by Crippen LogP contribution is -2.40. The van der Waals surface area contributed by atoms with Crippen molar-refractivity contribution in [2.75, 3.05) is 11.4 Å². The van der Waals surface area contributed by atoms with Gasteiger partial charge >= 0.3 is 6.09 Å². The van der Waals surface area contributed by atoms with E-state index in [2.05, 4.69) is 9.55 Å². The van der Waals surface area contributed by atoms with Gasteiger partial charge in [-0.2, -0.15) is 0 Å². The van der Waals surface area contributed by atoms with Crippen molar-refractivity contribution in [2.45, 2.75) is 58.6 Å². The van der Waals surface area contributed by atoms with E-state index >= 15 is 0 Å². The van der Waals surface area contributed by atoms with Crippen molar-refractivity contribution in [3.8, 4) is 0 Å². The maximum Gasteiger partial charge on any atom is 0.416 e. The molecule has 0 saturated heterocycles. The first-order valence-electron chi connectivity index (χ1n) is 8.87. The normalized spacial score (nSPS) is 17.7. The van der Waals surface area contributed by atoms with Crippen LogP contribution in [0.5, 0.6) is 0 Å². The molecule has 7 heteroatoms. The number of aromatic nitrogens is 3. The Balaban J connectivity index is 1.76. The summed E-state index contributed by atoms with van der Waals surface area (Å²) >= 11 is 6.63. The Morgan fingerprint density at radius 2 is 2.16 bits per heavy atom.